The predicted octanol–water partition coefficient (Wildman–Crippen LogP) is 1.66. The molecule has 3 N–H and O–H groups in total. The Morgan fingerprint density at radius 2 is 2.11 bits per heavy atom. The summed E-state index contributed by atoms with van der Waals surface area (Å²) in [5, 5.41) is 10.4. The Morgan fingerprint density at radius 1 is 1.39 bits per heavy atom. The first-order chi connectivity index (χ1) is 8.72. The molecule has 1 heterocycles. The SMILES string of the molecule is NCC(c1ccc(F)cc1)C(O)C1CCCOC1. The van der Waals surface area contributed by atoms with Crippen LogP contribution in [0, 0.1) is 11.7 Å². The van der Waals surface area contributed by atoms with Gasteiger partial charge in [0, 0.05) is 25.0 Å². The second-order valence-corrected chi connectivity index (χ2v) is 4.86. The van der Waals surface area contributed by atoms with Gasteiger partial charge in [0.05, 0.1) is 12.7 Å². The van der Waals surface area contributed by atoms with Crippen LogP contribution in [0.1, 0.15) is 24.3 Å². The summed E-state index contributed by atoms with van der Waals surface area (Å²) in [6.45, 7) is 1.70. The molecule has 4 heteroatoms. The average Bonchev–Trinajstić information content (AvgIpc) is 2.42. The molecule has 0 amide bonds. The van der Waals surface area contributed by atoms with Crippen molar-refractivity contribution in [2.75, 3.05) is 19.8 Å². The Balaban J connectivity index is 2.09. The summed E-state index contributed by atoms with van der Waals surface area (Å²) in [5.41, 5.74) is 6.64. The van der Waals surface area contributed by atoms with Gasteiger partial charge in [0.2, 0.25) is 0 Å². The topological polar surface area (TPSA) is 55.5 Å². The van der Waals surface area contributed by atoms with E-state index in [1.54, 1.807) is 12.1 Å². The van der Waals surface area contributed by atoms with Crippen molar-refractivity contribution >= 4 is 0 Å². The highest BCUT2D eigenvalue weighted by Crippen LogP contribution is 2.28. The van der Waals surface area contributed by atoms with Crippen molar-refractivity contribution in [3.8, 4) is 0 Å². The molecule has 1 aliphatic heterocycles. The molecule has 0 radical (unpaired) electrons. The van der Waals surface area contributed by atoms with Crippen LogP contribution in [-0.2, 0) is 4.74 Å². The van der Waals surface area contributed by atoms with Crippen molar-refractivity contribution in [3.05, 3.63) is 35.6 Å². The molecule has 1 aliphatic rings. The molecule has 18 heavy (non-hydrogen) atoms. The fraction of sp³-hybridized carbons (Fsp3) is 0.571. The van der Waals surface area contributed by atoms with Crippen molar-refractivity contribution in [3.63, 3.8) is 0 Å². The monoisotopic (exact) mass is 253 g/mol. The number of hydrogen-bond acceptors (Lipinski definition) is 3. The molecule has 3 unspecified atom stereocenters. The zero-order valence-corrected chi connectivity index (χ0v) is 10.4. The fourth-order valence-corrected chi connectivity index (χ4v) is 2.55. The molecule has 1 fully saturated rings. The molecule has 100 valence electrons. The van der Waals surface area contributed by atoms with Crippen molar-refractivity contribution in [2.24, 2.45) is 11.7 Å². The van der Waals surface area contributed by atoms with Crippen molar-refractivity contribution < 1.29 is 14.2 Å². The van der Waals surface area contributed by atoms with E-state index in [1.165, 1.54) is 12.1 Å². The molecule has 2 rings (SSSR count). The van der Waals surface area contributed by atoms with Gasteiger partial charge in [-0.15, -0.1) is 0 Å². The molecule has 0 bridgehead atoms. The Bertz CT molecular complexity index is 363. The molecular formula is C14H20FNO2. The molecule has 1 saturated heterocycles. The lowest BCUT2D eigenvalue weighted by atomic mass is 9.83. The van der Waals surface area contributed by atoms with Crippen LogP contribution >= 0.6 is 0 Å². The van der Waals surface area contributed by atoms with Crippen molar-refractivity contribution in [2.45, 2.75) is 24.9 Å². The third-order valence-electron chi connectivity index (χ3n) is 3.64. The van der Waals surface area contributed by atoms with E-state index in [4.69, 9.17) is 10.5 Å². The van der Waals surface area contributed by atoms with E-state index in [2.05, 4.69) is 0 Å². The molecule has 3 atom stereocenters. The smallest absolute Gasteiger partial charge is 0.123 e. The molecule has 0 aromatic heterocycles. The van der Waals surface area contributed by atoms with Crippen LogP contribution in [-0.4, -0.2) is 31.0 Å². The molecule has 1 aromatic rings. The van der Waals surface area contributed by atoms with Gasteiger partial charge in [-0.3, -0.25) is 0 Å². The summed E-state index contributed by atoms with van der Waals surface area (Å²) < 4.78 is 18.3. The Kier molecular flexibility index (Phi) is 4.69. The second-order valence-electron chi connectivity index (χ2n) is 4.86. The lowest BCUT2D eigenvalue weighted by Crippen LogP contribution is -2.36. The number of benzene rings is 1. The molecule has 3 nitrogen and oxygen atoms in total. The Morgan fingerprint density at radius 3 is 2.67 bits per heavy atom. The number of ether oxygens (including phenoxy) is 1. The van der Waals surface area contributed by atoms with E-state index >= 15 is 0 Å². The lowest BCUT2D eigenvalue weighted by Gasteiger charge is -2.32. The number of hydrogen-bond donors (Lipinski definition) is 2. The van der Waals surface area contributed by atoms with Gasteiger partial charge in [0.1, 0.15) is 5.82 Å². The van der Waals surface area contributed by atoms with Crippen LogP contribution < -0.4 is 5.73 Å². The second kappa shape index (κ2) is 6.27. The van der Waals surface area contributed by atoms with Gasteiger partial charge in [-0.2, -0.15) is 0 Å². The Hall–Kier alpha value is -0.970. The normalized spacial score (nSPS) is 23.6. The minimum absolute atomic E-state index is 0.123. The van der Waals surface area contributed by atoms with E-state index in [0.29, 0.717) is 13.2 Å². The minimum atomic E-state index is -0.527. The quantitative estimate of drug-likeness (QED) is 0.858. The molecule has 0 saturated carbocycles. The van der Waals surface area contributed by atoms with Crippen LogP contribution in [0.15, 0.2) is 24.3 Å². The summed E-state index contributed by atoms with van der Waals surface area (Å²) in [6.07, 6.45) is 1.40. The highest BCUT2D eigenvalue weighted by molar-refractivity contribution is 5.22. The van der Waals surface area contributed by atoms with Gasteiger partial charge < -0.3 is 15.6 Å². The number of nitrogens with two attached hydrogens (primary N) is 1. The molecular weight excluding hydrogens is 233 g/mol. The third kappa shape index (κ3) is 3.07. The van der Waals surface area contributed by atoms with Crippen molar-refractivity contribution in [1.82, 2.24) is 0 Å². The number of aliphatic hydroxyl groups excluding tert-OH is 1. The van der Waals surface area contributed by atoms with E-state index in [1.807, 2.05) is 0 Å². The minimum Gasteiger partial charge on any atom is -0.392 e. The zero-order valence-electron chi connectivity index (χ0n) is 10.4. The molecule has 0 aliphatic carbocycles. The Labute approximate surface area is 107 Å². The van der Waals surface area contributed by atoms with Crippen LogP contribution in [0.25, 0.3) is 0 Å². The van der Waals surface area contributed by atoms with E-state index in [9.17, 15) is 9.50 Å². The van der Waals surface area contributed by atoms with Gasteiger partial charge in [0.15, 0.2) is 0 Å². The highest BCUT2D eigenvalue weighted by atomic mass is 19.1. The van der Waals surface area contributed by atoms with Gasteiger partial charge in [-0.25, -0.2) is 4.39 Å². The number of halogens is 1. The lowest BCUT2D eigenvalue weighted by molar-refractivity contribution is -0.0184. The maximum atomic E-state index is 12.9. The summed E-state index contributed by atoms with van der Waals surface area (Å²) in [7, 11) is 0. The summed E-state index contributed by atoms with van der Waals surface area (Å²) in [5.74, 6) is -0.306. The average molecular weight is 253 g/mol. The standard InChI is InChI=1S/C14H20FNO2/c15-12-5-3-10(4-6-12)13(8-16)14(17)11-2-1-7-18-9-11/h3-6,11,13-14,17H,1-2,7-9,16H2. The first-order valence-corrected chi connectivity index (χ1v) is 6.43. The number of aliphatic hydroxyl groups is 1. The predicted molar refractivity (Wildman–Crippen MR) is 67.7 cm³/mol. The van der Waals surface area contributed by atoms with Crippen molar-refractivity contribution in [1.29, 1.82) is 0 Å². The zero-order chi connectivity index (χ0) is 13.0. The van der Waals surface area contributed by atoms with Gasteiger partial charge >= 0.3 is 0 Å². The van der Waals surface area contributed by atoms with Gasteiger partial charge in [-0.1, -0.05) is 12.1 Å². The van der Waals surface area contributed by atoms with Gasteiger partial charge in [-0.05, 0) is 30.5 Å². The summed E-state index contributed by atoms with van der Waals surface area (Å²) in [6, 6.07) is 6.20. The van der Waals surface area contributed by atoms with E-state index in [-0.39, 0.29) is 17.7 Å². The van der Waals surface area contributed by atoms with Crippen LogP contribution in [0.5, 0.6) is 0 Å². The van der Waals surface area contributed by atoms with E-state index < -0.39 is 6.10 Å². The fourth-order valence-electron chi connectivity index (χ4n) is 2.55. The maximum Gasteiger partial charge on any atom is 0.123 e. The third-order valence-corrected chi connectivity index (χ3v) is 3.64. The first kappa shape index (κ1) is 13.5. The van der Waals surface area contributed by atoms with Crippen LogP contribution in [0.4, 0.5) is 4.39 Å². The molecule has 0 spiro atoms. The molecule has 1 aromatic carbocycles. The maximum absolute atomic E-state index is 12.9. The van der Waals surface area contributed by atoms with E-state index in [0.717, 1.165) is 25.0 Å². The number of rotatable bonds is 4. The van der Waals surface area contributed by atoms with Crippen LogP contribution in [0.2, 0.25) is 0 Å². The summed E-state index contributed by atoms with van der Waals surface area (Å²) in [4.78, 5) is 0. The largest absolute Gasteiger partial charge is 0.392 e. The van der Waals surface area contributed by atoms with Crippen LogP contribution in [0.3, 0.4) is 0 Å². The first-order valence-electron chi connectivity index (χ1n) is 6.43. The van der Waals surface area contributed by atoms with Gasteiger partial charge in [0.25, 0.3) is 0 Å². The highest BCUT2D eigenvalue weighted by Gasteiger charge is 2.29. The summed E-state index contributed by atoms with van der Waals surface area (Å²) >= 11 is 0.